The van der Waals surface area contributed by atoms with Gasteiger partial charge >= 0.3 is 6.18 Å². The van der Waals surface area contributed by atoms with E-state index in [0.29, 0.717) is 17.9 Å². The van der Waals surface area contributed by atoms with Gasteiger partial charge in [0.1, 0.15) is 22.9 Å². The SMILES string of the molecule is CC(C)c1nc(-c2ccc(NC=O)c3ccccc23)c2c(N)nccn12.CNc1cccc(C(F)(F)F)c1. The predicted molar refractivity (Wildman–Crippen MR) is 145 cm³/mol. The number of halogens is 3. The normalized spacial score (nSPS) is 11.3. The first kappa shape index (κ1) is 26.5. The molecule has 7 nitrogen and oxygen atoms in total. The van der Waals surface area contributed by atoms with Crippen LogP contribution in [0.15, 0.2) is 73.1 Å². The molecule has 0 fully saturated rings. The minimum atomic E-state index is -4.26. The number of nitrogens with one attached hydrogen (secondary N) is 2. The number of imidazole rings is 1. The van der Waals surface area contributed by atoms with Gasteiger partial charge in [-0.3, -0.25) is 9.20 Å². The second-order valence-electron chi connectivity index (χ2n) is 8.80. The van der Waals surface area contributed by atoms with Gasteiger partial charge in [0.25, 0.3) is 0 Å². The Morgan fingerprint density at radius 1 is 1.03 bits per heavy atom. The first-order chi connectivity index (χ1) is 18.2. The number of nitrogens with two attached hydrogens (primary N) is 1. The zero-order chi connectivity index (χ0) is 27.4. The van der Waals surface area contributed by atoms with E-state index in [1.807, 2.05) is 47.0 Å². The Morgan fingerprint density at radius 3 is 2.42 bits per heavy atom. The molecule has 196 valence electrons. The summed E-state index contributed by atoms with van der Waals surface area (Å²) in [5.74, 6) is 1.62. The van der Waals surface area contributed by atoms with Gasteiger partial charge in [-0.15, -0.1) is 0 Å². The number of benzene rings is 3. The summed E-state index contributed by atoms with van der Waals surface area (Å²) >= 11 is 0. The fourth-order valence-corrected chi connectivity index (χ4v) is 4.23. The van der Waals surface area contributed by atoms with Gasteiger partial charge in [0, 0.05) is 47.7 Å². The van der Waals surface area contributed by atoms with Crippen LogP contribution in [-0.2, 0) is 11.0 Å². The topological polar surface area (TPSA) is 97.3 Å². The van der Waals surface area contributed by atoms with Gasteiger partial charge in [0.15, 0.2) is 0 Å². The molecule has 0 aliphatic carbocycles. The molecule has 2 aromatic heterocycles. The van der Waals surface area contributed by atoms with E-state index >= 15 is 0 Å². The van der Waals surface area contributed by atoms with Crippen LogP contribution in [0.1, 0.15) is 31.2 Å². The minimum Gasteiger partial charge on any atom is -0.388 e. The van der Waals surface area contributed by atoms with E-state index in [1.54, 1.807) is 19.3 Å². The summed E-state index contributed by atoms with van der Waals surface area (Å²) in [5.41, 5.74) is 9.36. The van der Waals surface area contributed by atoms with Crippen molar-refractivity contribution in [3.05, 3.63) is 84.4 Å². The zero-order valence-electron chi connectivity index (χ0n) is 21.0. The van der Waals surface area contributed by atoms with Crippen LogP contribution < -0.4 is 16.4 Å². The van der Waals surface area contributed by atoms with Crippen molar-refractivity contribution in [1.29, 1.82) is 0 Å². The number of aromatic nitrogens is 3. The smallest absolute Gasteiger partial charge is 0.388 e. The molecule has 0 saturated heterocycles. The number of rotatable bonds is 5. The summed E-state index contributed by atoms with van der Waals surface area (Å²) in [6.45, 7) is 4.20. The third kappa shape index (κ3) is 5.24. The molecule has 5 aromatic rings. The summed E-state index contributed by atoms with van der Waals surface area (Å²) in [7, 11) is 1.58. The number of nitrogens with zero attached hydrogens (tertiary/aromatic N) is 3. The number of hydrogen-bond donors (Lipinski definition) is 3. The lowest BCUT2D eigenvalue weighted by Crippen LogP contribution is -2.04. The Morgan fingerprint density at radius 2 is 1.76 bits per heavy atom. The number of carbonyl (C=O) groups is 1. The summed E-state index contributed by atoms with van der Waals surface area (Å²) in [4.78, 5) is 20.1. The highest BCUT2D eigenvalue weighted by atomic mass is 19.4. The van der Waals surface area contributed by atoms with E-state index in [2.05, 4.69) is 29.5 Å². The van der Waals surface area contributed by atoms with Crippen LogP contribution in [0.5, 0.6) is 0 Å². The van der Waals surface area contributed by atoms with Crippen molar-refractivity contribution in [2.75, 3.05) is 23.4 Å². The summed E-state index contributed by atoms with van der Waals surface area (Å²) < 4.78 is 38.2. The summed E-state index contributed by atoms with van der Waals surface area (Å²) in [5, 5.41) is 7.35. The van der Waals surface area contributed by atoms with Crippen LogP contribution in [-0.4, -0.2) is 27.8 Å². The molecule has 10 heteroatoms. The molecular formula is C28H27F3N6O. The highest BCUT2D eigenvalue weighted by molar-refractivity contribution is 6.07. The van der Waals surface area contributed by atoms with E-state index in [0.717, 1.165) is 51.2 Å². The Bertz CT molecular complexity index is 1590. The van der Waals surface area contributed by atoms with E-state index in [4.69, 9.17) is 10.7 Å². The molecule has 0 aliphatic rings. The average molecular weight is 521 g/mol. The van der Waals surface area contributed by atoms with Crippen LogP contribution >= 0.6 is 0 Å². The standard InChI is InChI=1S/C20H19N5O.C8H8F3N/c1-12(2)20-24-17(18-19(21)22-9-10-25(18)20)15-7-8-16(23-11-26)14-6-4-3-5-13(14)15;1-12-7-4-2-3-6(5-7)8(9,10)11/h3-12H,1-2H3,(H2,21,22)(H,23,26);2-5,12H,1H3. The number of carbonyl (C=O) groups excluding carboxylic acids is 1. The van der Waals surface area contributed by atoms with Crippen LogP contribution in [0.3, 0.4) is 0 Å². The third-order valence-corrected chi connectivity index (χ3v) is 6.00. The molecule has 0 spiro atoms. The molecule has 0 radical (unpaired) electrons. The monoisotopic (exact) mass is 520 g/mol. The van der Waals surface area contributed by atoms with Gasteiger partial charge < -0.3 is 16.4 Å². The van der Waals surface area contributed by atoms with Crippen molar-refractivity contribution in [3.8, 4) is 11.3 Å². The quantitative estimate of drug-likeness (QED) is 0.228. The highest BCUT2D eigenvalue weighted by Gasteiger charge is 2.30. The van der Waals surface area contributed by atoms with Crippen LogP contribution in [0, 0.1) is 0 Å². The van der Waals surface area contributed by atoms with Crippen molar-refractivity contribution in [1.82, 2.24) is 14.4 Å². The maximum absolute atomic E-state index is 12.1. The van der Waals surface area contributed by atoms with Gasteiger partial charge in [-0.2, -0.15) is 13.2 Å². The van der Waals surface area contributed by atoms with E-state index in [-0.39, 0.29) is 5.92 Å². The number of anilines is 3. The Balaban J connectivity index is 0.000000236. The van der Waals surface area contributed by atoms with Crippen LogP contribution in [0.2, 0.25) is 0 Å². The van der Waals surface area contributed by atoms with Crippen molar-refractivity contribution in [3.63, 3.8) is 0 Å². The fraction of sp³-hybridized carbons (Fsp3) is 0.179. The van der Waals surface area contributed by atoms with Gasteiger partial charge in [0.2, 0.25) is 6.41 Å². The minimum absolute atomic E-state index is 0.236. The van der Waals surface area contributed by atoms with E-state index < -0.39 is 11.7 Å². The molecule has 3 aromatic carbocycles. The zero-order valence-corrected chi connectivity index (χ0v) is 21.0. The molecule has 38 heavy (non-hydrogen) atoms. The van der Waals surface area contributed by atoms with Crippen molar-refractivity contribution in [2.45, 2.75) is 25.9 Å². The van der Waals surface area contributed by atoms with Crippen molar-refractivity contribution >= 4 is 39.9 Å². The lowest BCUT2D eigenvalue weighted by molar-refractivity contribution is -0.137. The van der Waals surface area contributed by atoms with Crippen molar-refractivity contribution in [2.24, 2.45) is 0 Å². The number of amides is 1. The fourth-order valence-electron chi connectivity index (χ4n) is 4.23. The Labute approximate surface area is 217 Å². The molecule has 0 saturated carbocycles. The van der Waals surface area contributed by atoms with Gasteiger partial charge in [0.05, 0.1) is 5.56 Å². The summed E-state index contributed by atoms with van der Waals surface area (Å²) in [6, 6.07) is 16.8. The molecular weight excluding hydrogens is 493 g/mol. The van der Waals surface area contributed by atoms with Crippen molar-refractivity contribution < 1.29 is 18.0 Å². The van der Waals surface area contributed by atoms with Gasteiger partial charge in [-0.25, -0.2) is 9.97 Å². The second kappa shape index (κ2) is 10.8. The first-order valence-electron chi connectivity index (χ1n) is 11.9. The maximum atomic E-state index is 12.1. The highest BCUT2D eigenvalue weighted by Crippen LogP contribution is 2.37. The Hall–Kier alpha value is -4.60. The molecule has 1 amide bonds. The predicted octanol–water partition coefficient (Wildman–Crippen LogP) is 6.57. The molecule has 4 N–H and O–H groups in total. The molecule has 5 rings (SSSR count). The average Bonchev–Trinajstić information content (AvgIpc) is 3.30. The number of hydrogen-bond acceptors (Lipinski definition) is 5. The third-order valence-electron chi connectivity index (χ3n) is 6.00. The maximum Gasteiger partial charge on any atom is 0.416 e. The lowest BCUT2D eigenvalue weighted by Gasteiger charge is -2.10. The summed E-state index contributed by atoms with van der Waals surface area (Å²) in [6.07, 6.45) is 0.00993. The number of nitrogen functional groups attached to an aromatic ring is 1. The molecule has 0 bridgehead atoms. The number of alkyl halides is 3. The van der Waals surface area contributed by atoms with Crippen LogP contribution in [0.4, 0.5) is 30.4 Å². The van der Waals surface area contributed by atoms with E-state index in [1.165, 1.54) is 6.07 Å². The van der Waals surface area contributed by atoms with Crippen LogP contribution in [0.25, 0.3) is 27.5 Å². The molecule has 0 aliphatic heterocycles. The van der Waals surface area contributed by atoms with Gasteiger partial charge in [-0.1, -0.05) is 50.2 Å². The molecule has 2 heterocycles. The first-order valence-corrected chi connectivity index (χ1v) is 11.9. The lowest BCUT2D eigenvalue weighted by atomic mass is 10.00. The van der Waals surface area contributed by atoms with E-state index in [9.17, 15) is 18.0 Å². The second-order valence-corrected chi connectivity index (χ2v) is 8.80. The largest absolute Gasteiger partial charge is 0.416 e. The van der Waals surface area contributed by atoms with Gasteiger partial charge in [-0.05, 0) is 29.7 Å². The molecule has 0 atom stereocenters. The number of fused-ring (bicyclic) bond motifs is 2. The Kier molecular flexibility index (Phi) is 7.52. The molecule has 0 unspecified atom stereocenters.